The summed E-state index contributed by atoms with van der Waals surface area (Å²) < 4.78 is 1.06. The molecule has 0 unspecified atom stereocenters. The Hall–Kier alpha value is -0.580. The van der Waals surface area contributed by atoms with Crippen molar-refractivity contribution < 1.29 is 4.79 Å². The van der Waals surface area contributed by atoms with E-state index in [1.807, 2.05) is 29.2 Å². The summed E-state index contributed by atoms with van der Waals surface area (Å²) in [7, 11) is 0. The van der Waals surface area contributed by atoms with Crippen LogP contribution in [0.3, 0.4) is 0 Å². The Morgan fingerprint density at radius 1 is 1.12 bits per heavy atom. The van der Waals surface area contributed by atoms with Gasteiger partial charge in [0.25, 0.3) is 5.91 Å². The molecule has 0 bridgehead atoms. The van der Waals surface area contributed by atoms with Crippen molar-refractivity contribution in [1.82, 2.24) is 4.90 Å². The summed E-state index contributed by atoms with van der Waals surface area (Å²) in [4.78, 5) is 14.4. The first kappa shape index (κ1) is 11.5. The number of hydrogen-bond acceptors (Lipinski definition) is 1. The van der Waals surface area contributed by atoms with Gasteiger partial charge in [0.2, 0.25) is 0 Å². The Kier molecular flexibility index (Phi) is 2.89. The van der Waals surface area contributed by atoms with Crippen LogP contribution in [-0.2, 0) is 0 Å². The molecule has 1 aromatic rings. The van der Waals surface area contributed by atoms with E-state index >= 15 is 0 Å². The number of rotatable bonds is 1. The molecule has 0 radical (unpaired) electrons. The molecule has 1 aliphatic carbocycles. The van der Waals surface area contributed by atoms with E-state index in [-0.39, 0.29) is 5.91 Å². The predicted molar refractivity (Wildman–Crippen MR) is 76.0 cm³/mol. The van der Waals surface area contributed by atoms with Crippen LogP contribution in [-0.4, -0.2) is 23.9 Å². The van der Waals surface area contributed by atoms with Crippen LogP contribution >= 0.6 is 22.6 Å². The van der Waals surface area contributed by atoms with Crippen LogP contribution in [0.5, 0.6) is 0 Å². The van der Waals surface area contributed by atoms with E-state index in [1.54, 1.807) is 0 Å². The van der Waals surface area contributed by atoms with Gasteiger partial charge in [0.15, 0.2) is 0 Å². The average Bonchev–Trinajstić information content (AvgIpc) is 3.10. The van der Waals surface area contributed by atoms with Crippen molar-refractivity contribution in [2.24, 2.45) is 5.41 Å². The molecule has 1 aliphatic heterocycles. The molecule has 2 fully saturated rings. The molecule has 3 heteroatoms. The first-order chi connectivity index (χ1) is 8.20. The number of amides is 1. The lowest BCUT2D eigenvalue weighted by Crippen LogP contribution is -2.39. The topological polar surface area (TPSA) is 20.3 Å². The van der Waals surface area contributed by atoms with Gasteiger partial charge in [-0.2, -0.15) is 0 Å². The highest BCUT2D eigenvalue weighted by atomic mass is 127. The van der Waals surface area contributed by atoms with Crippen LogP contribution in [0.1, 0.15) is 36.0 Å². The van der Waals surface area contributed by atoms with Crippen LogP contribution < -0.4 is 0 Å². The maximum atomic E-state index is 12.4. The van der Waals surface area contributed by atoms with Gasteiger partial charge >= 0.3 is 0 Å². The number of likely N-dealkylation sites (tertiary alicyclic amines) is 1. The molecule has 0 aromatic heterocycles. The normalized spacial score (nSPS) is 21.6. The molecular weight excluding hydrogens is 325 g/mol. The molecule has 1 saturated heterocycles. The van der Waals surface area contributed by atoms with E-state index in [4.69, 9.17) is 0 Å². The van der Waals surface area contributed by atoms with Crippen molar-refractivity contribution in [3.05, 3.63) is 33.4 Å². The third kappa shape index (κ3) is 2.21. The Bertz CT molecular complexity index is 443. The Balaban J connectivity index is 1.72. The van der Waals surface area contributed by atoms with E-state index in [9.17, 15) is 4.79 Å². The second kappa shape index (κ2) is 4.26. The van der Waals surface area contributed by atoms with Gasteiger partial charge in [-0.1, -0.05) is 12.1 Å². The lowest BCUT2D eigenvalue weighted by Gasteiger charge is -2.32. The third-order valence-electron chi connectivity index (χ3n) is 4.17. The molecule has 1 saturated carbocycles. The van der Waals surface area contributed by atoms with Gasteiger partial charge in [-0.05, 0) is 65.8 Å². The van der Waals surface area contributed by atoms with Crippen molar-refractivity contribution in [2.45, 2.75) is 25.7 Å². The molecule has 1 amide bonds. The number of carbonyl (C=O) groups is 1. The molecule has 0 atom stereocenters. The molecule has 1 spiro atoms. The van der Waals surface area contributed by atoms with E-state index in [1.165, 1.54) is 25.7 Å². The molecule has 90 valence electrons. The van der Waals surface area contributed by atoms with E-state index < -0.39 is 0 Å². The third-order valence-corrected chi connectivity index (χ3v) is 5.11. The van der Waals surface area contributed by atoms with Gasteiger partial charge in [0.05, 0.1) is 5.56 Å². The zero-order chi connectivity index (χ0) is 11.9. The van der Waals surface area contributed by atoms with Gasteiger partial charge in [-0.15, -0.1) is 0 Å². The summed E-state index contributed by atoms with van der Waals surface area (Å²) in [5.41, 5.74) is 1.50. The maximum absolute atomic E-state index is 12.4. The molecular formula is C14H16INO. The smallest absolute Gasteiger partial charge is 0.254 e. The van der Waals surface area contributed by atoms with E-state index in [0.717, 1.165) is 22.2 Å². The summed E-state index contributed by atoms with van der Waals surface area (Å²) in [5.74, 6) is 0.213. The Morgan fingerprint density at radius 2 is 1.76 bits per heavy atom. The minimum absolute atomic E-state index is 0.213. The minimum Gasteiger partial charge on any atom is -0.339 e. The number of halogens is 1. The summed E-state index contributed by atoms with van der Waals surface area (Å²) in [5, 5.41) is 0. The molecule has 1 heterocycles. The molecule has 1 aromatic carbocycles. The fourth-order valence-corrected chi connectivity index (χ4v) is 3.28. The Morgan fingerprint density at radius 3 is 2.35 bits per heavy atom. The highest BCUT2D eigenvalue weighted by Crippen LogP contribution is 2.53. The number of benzene rings is 1. The lowest BCUT2D eigenvalue weighted by atomic mass is 9.93. The molecule has 0 N–H and O–H groups in total. The molecule has 2 aliphatic rings. The predicted octanol–water partition coefficient (Wildman–Crippen LogP) is 3.31. The zero-order valence-electron chi connectivity index (χ0n) is 9.79. The highest BCUT2D eigenvalue weighted by molar-refractivity contribution is 14.1. The molecule has 17 heavy (non-hydrogen) atoms. The SMILES string of the molecule is O=C(c1ccccc1I)N1CCC2(CC1)CC2. The number of hydrogen-bond donors (Lipinski definition) is 0. The minimum atomic E-state index is 0.213. The summed E-state index contributed by atoms with van der Waals surface area (Å²) in [6.45, 7) is 1.90. The van der Waals surface area contributed by atoms with Crippen molar-refractivity contribution in [2.75, 3.05) is 13.1 Å². The monoisotopic (exact) mass is 341 g/mol. The van der Waals surface area contributed by atoms with E-state index in [0.29, 0.717) is 5.41 Å². The van der Waals surface area contributed by atoms with Crippen LogP contribution in [0.4, 0.5) is 0 Å². The maximum Gasteiger partial charge on any atom is 0.254 e. The van der Waals surface area contributed by atoms with Gasteiger partial charge in [0.1, 0.15) is 0 Å². The second-order valence-corrected chi connectivity index (χ2v) is 6.43. The van der Waals surface area contributed by atoms with Crippen molar-refractivity contribution in [1.29, 1.82) is 0 Å². The zero-order valence-corrected chi connectivity index (χ0v) is 11.9. The quantitative estimate of drug-likeness (QED) is 0.718. The van der Waals surface area contributed by atoms with Crippen LogP contribution in [0.15, 0.2) is 24.3 Å². The molecule has 2 nitrogen and oxygen atoms in total. The average molecular weight is 341 g/mol. The summed E-state index contributed by atoms with van der Waals surface area (Å²) in [6.07, 6.45) is 5.19. The standard InChI is InChI=1S/C14H16INO/c15-12-4-2-1-3-11(12)13(17)16-9-7-14(5-6-14)8-10-16/h1-4H,5-10H2. The van der Waals surface area contributed by atoms with Crippen LogP contribution in [0, 0.1) is 8.99 Å². The van der Waals surface area contributed by atoms with E-state index in [2.05, 4.69) is 22.6 Å². The second-order valence-electron chi connectivity index (χ2n) is 5.27. The van der Waals surface area contributed by atoms with Crippen molar-refractivity contribution >= 4 is 28.5 Å². The van der Waals surface area contributed by atoms with Crippen LogP contribution in [0.25, 0.3) is 0 Å². The first-order valence-corrected chi connectivity index (χ1v) is 7.32. The molecule has 3 rings (SSSR count). The van der Waals surface area contributed by atoms with Gasteiger partial charge in [-0.3, -0.25) is 4.79 Å². The largest absolute Gasteiger partial charge is 0.339 e. The van der Waals surface area contributed by atoms with Crippen molar-refractivity contribution in [3.8, 4) is 0 Å². The first-order valence-electron chi connectivity index (χ1n) is 6.24. The summed E-state index contributed by atoms with van der Waals surface area (Å²) in [6, 6.07) is 7.86. The highest BCUT2D eigenvalue weighted by Gasteiger charge is 2.45. The fraction of sp³-hybridized carbons (Fsp3) is 0.500. The van der Waals surface area contributed by atoms with Gasteiger partial charge in [0, 0.05) is 16.7 Å². The van der Waals surface area contributed by atoms with Gasteiger partial charge < -0.3 is 4.90 Å². The van der Waals surface area contributed by atoms with Crippen LogP contribution in [0.2, 0.25) is 0 Å². The fourth-order valence-electron chi connectivity index (χ4n) is 2.67. The number of nitrogens with zero attached hydrogens (tertiary/aromatic N) is 1. The Labute approximate surface area is 116 Å². The summed E-state index contributed by atoms with van der Waals surface area (Å²) >= 11 is 2.24. The van der Waals surface area contributed by atoms with Gasteiger partial charge in [-0.25, -0.2) is 0 Å². The number of piperidine rings is 1. The number of carbonyl (C=O) groups excluding carboxylic acids is 1. The van der Waals surface area contributed by atoms with Crippen molar-refractivity contribution in [3.63, 3.8) is 0 Å². The lowest BCUT2D eigenvalue weighted by molar-refractivity contribution is 0.0677.